The van der Waals surface area contributed by atoms with Crippen LogP contribution in [0.2, 0.25) is 10.0 Å². The fourth-order valence-electron chi connectivity index (χ4n) is 8.06. The van der Waals surface area contributed by atoms with Gasteiger partial charge in [0, 0.05) is 85.0 Å². The predicted molar refractivity (Wildman–Crippen MR) is 182 cm³/mol. The maximum Gasteiger partial charge on any atom is 0.336 e. The first kappa shape index (κ1) is 34.0. The molecule has 2 saturated heterocycles. The molecule has 4 atom stereocenters. The van der Waals surface area contributed by atoms with E-state index in [1.807, 2.05) is 10.3 Å². The maximum atomic E-state index is 13.9. The van der Waals surface area contributed by atoms with Gasteiger partial charge in [-0.05, 0) is 55.8 Å². The first-order valence-electron chi connectivity index (χ1n) is 16.2. The number of esters is 2. The molecule has 0 bridgehead atoms. The van der Waals surface area contributed by atoms with Crippen LogP contribution < -0.4 is 0 Å². The molecule has 1 aromatic carbocycles. The highest BCUT2D eigenvalue weighted by Gasteiger charge is 2.46. The minimum Gasteiger partial charge on any atom is -0.468 e. The maximum absolute atomic E-state index is 13.9. The van der Waals surface area contributed by atoms with Crippen molar-refractivity contribution in [2.45, 2.75) is 44.1 Å². The van der Waals surface area contributed by atoms with Crippen molar-refractivity contribution >= 4 is 58.1 Å². The van der Waals surface area contributed by atoms with Gasteiger partial charge in [0.2, 0.25) is 5.91 Å². The van der Waals surface area contributed by atoms with E-state index >= 15 is 0 Å². The minimum absolute atomic E-state index is 0.0883. The summed E-state index contributed by atoms with van der Waals surface area (Å²) in [5.41, 5.74) is 1.21. The third-order valence-electron chi connectivity index (χ3n) is 10.3. The largest absolute Gasteiger partial charge is 0.468 e. The van der Waals surface area contributed by atoms with Gasteiger partial charge in [0.1, 0.15) is 5.92 Å². The van der Waals surface area contributed by atoms with Crippen LogP contribution in [0.15, 0.2) is 46.0 Å². The smallest absolute Gasteiger partial charge is 0.336 e. The number of nitrogens with zero attached hydrogens (tertiary/aromatic N) is 5. The highest BCUT2D eigenvalue weighted by molar-refractivity contribution is 7.09. The first-order chi connectivity index (χ1) is 22.7. The van der Waals surface area contributed by atoms with E-state index in [4.69, 9.17) is 37.7 Å². The fourth-order valence-corrected chi connectivity index (χ4v) is 9.32. The van der Waals surface area contributed by atoms with Crippen molar-refractivity contribution in [3.05, 3.63) is 61.7 Å². The van der Waals surface area contributed by atoms with Crippen LogP contribution in [-0.2, 0) is 30.3 Å². The van der Waals surface area contributed by atoms with Crippen LogP contribution in [0, 0.1) is 17.8 Å². The summed E-state index contributed by atoms with van der Waals surface area (Å²) in [5.74, 6) is -1.86. The molecule has 252 valence electrons. The molecule has 3 fully saturated rings. The van der Waals surface area contributed by atoms with Crippen molar-refractivity contribution in [1.82, 2.24) is 19.7 Å². The number of likely N-dealkylation sites (tertiary alicyclic amines) is 1. The van der Waals surface area contributed by atoms with E-state index in [0.29, 0.717) is 43.2 Å². The summed E-state index contributed by atoms with van der Waals surface area (Å²) in [6.07, 6.45) is 4.92. The minimum atomic E-state index is -1.01. The Kier molecular flexibility index (Phi) is 10.7. The number of aryl methyl sites for hydroxylation is 1. The molecule has 2 aromatic rings. The highest BCUT2D eigenvalue weighted by atomic mass is 35.5. The second-order valence-corrected chi connectivity index (χ2v) is 14.7. The second-order valence-electron chi connectivity index (χ2n) is 13.0. The number of hydrogen-bond donors (Lipinski definition) is 0. The van der Waals surface area contributed by atoms with Gasteiger partial charge in [0.25, 0.3) is 0 Å². The third kappa shape index (κ3) is 7.15. The molecular weight excluding hydrogens is 661 g/mol. The molecular formula is C34H41Cl2N5O5S. The van der Waals surface area contributed by atoms with E-state index in [1.165, 1.54) is 51.5 Å². The van der Waals surface area contributed by atoms with Gasteiger partial charge in [-0.25, -0.2) is 9.78 Å². The molecule has 1 saturated carbocycles. The number of fused-ring (bicyclic) bond motifs is 1. The number of amides is 1. The van der Waals surface area contributed by atoms with E-state index in [9.17, 15) is 14.4 Å². The highest BCUT2D eigenvalue weighted by Crippen LogP contribution is 2.47. The monoisotopic (exact) mass is 701 g/mol. The Morgan fingerprint density at radius 3 is 2.26 bits per heavy atom. The summed E-state index contributed by atoms with van der Waals surface area (Å²) in [7, 11) is 4.77. The molecule has 0 radical (unpaired) electrons. The number of halogens is 2. The van der Waals surface area contributed by atoms with E-state index in [1.54, 1.807) is 24.4 Å². The van der Waals surface area contributed by atoms with Crippen LogP contribution in [0.5, 0.6) is 0 Å². The second kappa shape index (κ2) is 14.7. The summed E-state index contributed by atoms with van der Waals surface area (Å²) in [5, 5.41) is 3.32. The summed E-state index contributed by atoms with van der Waals surface area (Å²) in [6.45, 7) is 5.22. The molecule has 13 heteroatoms. The SMILES string of the molecule is COC(=O)C1=C(CC(=O)N2CCN(C3CC4CN(C)CC4C3)CC2)N=C(CCc2nccs2)C(C(=O)OC)C1c1c(Cl)cccc1Cl. The lowest BCUT2D eigenvalue weighted by molar-refractivity contribution is -0.143. The molecule has 4 unspecified atom stereocenters. The van der Waals surface area contributed by atoms with Crippen LogP contribution >= 0.6 is 34.5 Å². The number of piperazine rings is 1. The first-order valence-corrected chi connectivity index (χ1v) is 17.8. The van der Waals surface area contributed by atoms with Gasteiger partial charge in [-0.1, -0.05) is 29.3 Å². The number of thiazole rings is 1. The van der Waals surface area contributed by atoms with Gasteiger partial charge in [-0.3, -0.25) is 19.5 Å². The van der Waals surface area contributed by atoms with Crippen molar-refractivity contribution in [1.29, 1.82) is 0 Å². The number of carbonyl (C=O) groups is 3. The molecule has 4 aliphatic rings. The topological polar surface area (TPSA) is 105 Å². The molecule has 0 N–H and O–H groups in total. The summed E-state index contributed by atoms with van der Waals surface area (Å²) >= 11 is 15.0. The molecule has 0 spiro atoms. The zero-order chi connectivity index (χ0) is 33.2. The van der Waals surface area contributed by atoms with E-state index in [-0.39, 0.29) is 33.6 Å². The Morgan fingerprint density at radius 2 is 1.66 bits per heavy atom. The lowest BCUT2D eigenvalue weighted by Gasteiger charge is -2.39. The number of ether oxygens (including phenoxy) is 2. The van der Waals surface area contributed by atoms with Crippen LogP contribution in [0.25, 0.3) is 0 Å². The third-order valence-corrected chi connectivity index (χ3v) is 11.8. The predicted octanol–water partition coefficient (Wildman–Crippen LogP) is 4.71. The number of hydrogen-bond acceptors (Lipinski definition) is 10. The number of rotatable bonds is 9. The van der Waals surface area contributed by atoms with Gasteiger partial charge >= 0.3 is 11.9 Å². The van der Waals surface area contributed by atoms with E-state index < -0.39 is 23.8 Å². The number of aromatic nitrogens is 1. The van der Waals surface area contributed by atoms with Crippen molar-refractivity contribution in [3.8, 4) is 0 Å². The van der Waals surface area contributed by atoms with Gasteiger partial charge < -0.3 is 19.3 Å². The average Bonchev–Trinajstić information content (AvgIpc) is 3.80. The Morgan fingerprint density at radius 1 is 0.979 bits per heavy atom. The van der Waals surface area contributed by atoms with Crippen LogP contribution in [-0.4, -0.2) is 110 Å². The van der Waals surface area contributed by atoms with Crippen LogP contribution in [0.3, 0.4) is 0 Å². The molecule has 4 heterocycles. The summed E-state index contributed by atoms with van der Waals surface area (Å²) < 4.78 is 10.5. The van der Waals surface area contributed by atoms with Gasteiger partial charge in [-0.15, -0.1) is 11.3 Å². The van der Waals surface area contributed by atoms with Crippen LogP contribution in [0.1, 0.15) is 42.2 Å². The van der Waals surface area contributed by atoms with Crippen molar-refractivity contribution in [3.63, 3.8) is 0 Å². The van der Waals surface area contributed by atoms with Gasteiger partial charge in [-0.2, -0.15) is 0 Å². The Bertz CT molecular complexity index is 1520. The van der Waals surface area contributed by atoms with E-state index in [2.05, 4.69) is 21.8 Å². The number of benzene rings is 1. The average molecular weight is 703 g/mol. The van der Waals surface area contributed by atoms with Crippen LogP contribution in [0.4, 0.5) is 0 Å². The van der Waals surface area contributed by atoms with Crippen molar-refractivity contribution < 1.29 is 23.9 Å². The molecule has 6 rings (SSSR count). The van der Waals surface area contributed by atoms with Crippen molar-refractivity contribution in [2.75, 3.05) is 60.5 Å². The molecule has 10 nitrogen and oxygen atoms in total. The lowest BCUT2D eigenvalue weighted by Crippen LogP contribution is -2.51. The molecule has 3 aliphatic heterocycles. The summed E-state index contributed by atoms with van der Waals surface area (Å²) in [4.78, 5) is 57.2. The quantitative estimate of drug-likeness (QED) is 0.347. The normalized spacial score (nSPS) is 26.7. The van der Waals surface area contributed by atoms with E-state index in [0.717, 1.165) is 29.9 Å². The zero-order valence-corrected chi connectivity index (χ0v) is 29.3. The zero-order valence-electron chi connectivity index (χ0n) is 27.0. The Balaban J connectivity index is 1.29. The van der Waals surface area contributed by atoms with Gasteiger partial charge in [0.15, 0.2) is 0 Å². The fraction of sp³-hybridized carbons (Fsp3) is 0.559. The molecule has 1 amide bonds. The Labute approximate surface area is 289 Å². The molecule has 1 aliphatic carbocycles. The standard InChI is InChI=1S/C34H41Cl2N5O5S/c1-39-18-20-15-22(16-21(20)19-39)40-10-12-41(13-11-40)28(42)17-26-31(34(44)46-3)32(29-23(35)5-4-6-24(29)36)30(33(43)45-2)25(38-26)7-8-27-37-9-14-47-27/h4-6,9,14,20-22,30,32H,7-8,10-13,15-19H2,1-3H3. The number of carbonyl (C=O) groups excluding carboxylic acids is 3. The Hall–Kier alpha value is -2.83. The molecule has 47 heavy (non-hydrogen) atoms. The summed E-state index contributed by atoms with van der Waals surface area (Å²) in [6, 6.07) is 5.59. The molecule has 1 aromatic heterocycles. The number of aliphatic imine (C=N–C) groups is 1. The lowest BCUT2D eigenvalue weighted by atomic mass is 9.74. The number of methoxy groups -OCH3 is 2. The van der Waals surface area contributed by atoms with Crippen molar-refractivity contribution in [2.24, 2.45) is 22.7 Å². The van der Waals surface area contributed by atoms with Gasteiger partial charge in [0.05, 0.1) is 36.9 Å².